The molecule has 1 aromatic carbocycles. The predicted octanol–water partition coefficient (Wildman–Crippen LogP) is 2.18. The van der Waals surface area contributed by atoms with Crippen molar-refractivity contribution >= 4 is 11.8 Å². The second kappa shape index (κ2) is 7.47. The Hall–Kier alpha value is -2.30. The molecule has 0 aliphatic rings. The van der Waals surface area contributed by atoms with E-state index in [0.29, 0.717) is 5.75 Å². The summed E-state index contributed by atoms with van der Waals surface area (Å²) in [5, 5.41) is 0. The van der Waals surface area contributed by atoms with E-state index in [1.807, 2.05) is 32.0 Å². The number of benzene rings is 1. The molecule has 0 spiro atoms. The number of carbonyl (C=O) groups excluding carboxylic acids is 2. The van der Waals surface area contributed by atoms with Gasteiger partial charge in [-0.25, -0.2) is 0 Å². The Labute approximate surface area is 125 Å². The molecule has 5 nitrogen and oxygen atoms in total. The van der Waals surface area contributed by atoms with Crippen LogP contribution in [0.4, 0.5) is 0 Å². The largest absolute Gasteiger partial charge is 0.481 e. The third-order valence-corrected chi connectivity index (χ3v) is 2.96. The maximum Gasteiger partial charge on any atom is 0.279 e. The van der Waals surface area contributed by atoms with Crippen molar-refractivity contribution in [2.75, 3.05) is 0 Å². The van der Waals surface area contributed by atoms with E-state index in [2.05, 4.69) is 10.9 Å². The van der Waals surface area contributed by atoms with E-state index in [9.17, 15) is 9.59 Å². The Bertz CT molecular complexity index is 561. The minimum Gasteiger partial charge on any atom is -0.481 e. The normalized spacial score (nSPS) is 11.3. The predicted molar refractivity (Wildman–Crippen MR) is 81.7 cm³/mol. The lowest BCUT2D eigenvalue weighted by Crippen LogP contribution is -2.46. The van der Waals surface area contributed by atoms with Gasteiger partial charge in [0.2, 0.25) is 0 Å². The fourth-order valence-corrected chi connectivity index (χ4v) is 1.62. The molecule has 2 amide bonds. The van der Waals surface area contributed by atoms with Gasteiger partial charge in [-0.15, -0.1) is 0 Å². The molecule has 114 valence electrons. The molecule has 0 saturated carbocycles. The maximum absolute atomic E-state index is 11.9. The lowest BCUT2D eigenvalue weighted by atomic mass is 10.1. The monoisotopic (exact) mass is 290 g/mol. The van der Waals surface area contributed by atoms with Crippen LogP contribution in [0.25, 0.3) is 0 Å². The van der Waals surface area contributed by atoms with Crippen LogP contribution in [-0.4, -0.2) is 17.9 Å². The highest BCUT2D eigenvalue weighted by Gasteiger charge is 2.16. The van der Waals surface area contributed by atoms with Crippen LogP contribution in [0.5, 0.6) is 5.75 Å². The first-order valence-electron chi connectivity index (χ1n) is 6.79. The zero-order chi connectivity index (χ0) is 16.0. The summed E-state index contributed by atoms with van der Waals surface area (Å²) in [4.78, 5) is 23.3. The van der Waals surface area contributed by atoms with Gasteiger partial charge in [-0.1, -0.05) is 17.7 Å². The fraction of sp³-hybridized carbons (Fsp3) is 0.375. The molecule has 0 fully saturated rings. The van der Waals surface area contributed by atoms with E-state index < -0.39 is 12.0 Å². The average molecular weight is 290 g/mol. The van der Waals surface area contributed by atoms with Gasteiger partial charge < -0.3 is 4.74 Å². The molecule has 2 N–H and O–H groups in total. The van der Waals surface area contributed by atoms with Crippen LogP contribution in [-0.2, 0) is 9.59 Å². The van der Waals surface area contributed by atoms with E-state index in [4.69, 9.17) is 4.74 Å². The summed E-state index contributed by atoms with van der Waals surface area (Å²) in [7, 11) is 0. The van der Waals surface area contributed by atoms with Gasteiger partial charge in [0.25, 0.3) is 11.8 Å². The Morgan fingerprint density at radius 3 is 2.48 bits per heavy atom. The first-order valence-corrected chi connectivity index (χ1v) is 6.79. The average Bonchev–Trinajstić information content (AvgIpc) is 2.40. The summed E-state index contributed by atoms with van der Waals surface area (Å²) in [5.41, 5.74) is 7.58. The first-order chi connectivity index (χ1) is 9.81. The third kappa shape index (κ3) is 5.30. The van der Waals surface area contributed by atoms with E-state index in [1.54, 1.807) is 20.8 Å². The minimum absolute atomic E-state index is 0.373. The Balaban J connectivity index is 2.57. The number of carbonyl (C=O) groups is 2. The fourth-order valence-electron chi connectivity index (χ4n) is 1.62. The van der Waals surface area contributed by atoms with Gasteiger partial charge in [0.15, 0.2) is 6.10 Å². The standard InChI is InChI=1S/C16H22N2O3/c1-10(2)9-15(19)17-18-16(20)13(5)21-14-8-6-7-11(3)12(14)4/h6-9,13H,1-5H3,(H,17,19)(H,18,20). The molecule has 0 aliphatic heterocycles. The number of hydrogen-bond donors (Lipinski definition) is 2. The van der Waals surface area contributed by atoms with Crippen LogP contribution in [0, 0.1) is 13.8 Å². The molecule has 0 heterocycles. The van der Waals surface area contributed by atoms with Crippen molar-refractivity contribution < 1.29 is 14.3 Å². The molecule has 1 atom stereocenters. The van der Waals surface area contributed by atoms with Crippen molar-refractivity contribution in [1.82, 2.24) is 10.9 Å². The number of allylic oxidation sites excluding steroid dienone is 1. The molecule has 1 unspecified atom stereocenters. The Morgan fingerprint density at radius 2 is 1.86 bits per heavy atom. The summed E-state index contributed by atoms with van der Waals surface area (Å²) < 4.78 is 5.62. The lowest BCUT2D eigenvalue weighted by molar-refractivity contribution is -0.131. The zero-order valence-electron chi connectivity index (χ0n) is 13.1. The number of hydrogen-bond acceptors (Lipinski definition) is 3. The molecule has 0 aliphatic carbocycles. The summed E-state index contributed by atoms with van der Waals surface area (Å²) in [6.45, 7) is 9.14. The van der Waals surface area contributed by atoms with Crippen molar-refractivity contribution in [3.05, 3.63) is 41.0 Å². The highest BCUT2D eigenvalue weighted by Crippen LogP contribution is 2.21. The molecule has 0 bridgehead atoms. The SMILES string of the molecule is CC(C)=CC(=O)NNC(=O)C(C)Oc1cccc(C)c1C. The highest BCUT2D eigenvalue weighted by molar-refractivity contribution is 5.90. The highest BCUT2D eigenvalue weighted by atomic mass is 16.5. The third-order valence-electron chi connectivity index (χ3n) is 2.96. The van der Waals surface area contributed by atoms with Crippen molar-refractivity contribution in [2.24, 2.45) is 0 Å². The molecule has 1 rings (SSSR count). The van der Waals surface area contributed by atoms with Crippen LogP contribution >= 0.6 is 0 Å². The number of rotatable bonds is 4. The quantitative estimate of drug-likeness (QED) is 0.660. The van der Waals surface area contributed by atoms with Crippen molar-refractivity contribution in [3.8, 4) is 5.75 Å². The molecule has 0 radical (unpaired) electrons. The van der Waals surface area contributed by atoms with E-state index in [0.717, 1.165) is 16.7 Å². The van der Waals surface area contributed by atoms with E-state index in [-0.39, 0.29) is 5.91 Å². The molecular weight excluding hydrogens is 268 g/mol. The van der Waals surface area contributed by atoms with E-state index >= 15 is 0 Å². The van der Waals surface area contributed by atoms with Crippen molar-refractivity contribution in [1.29, 1.82) is 0 Å². The second-order valence-corrected chi connectivity index (χ2v) is 5.16. The van der Waals surface area contributed by atoms with E-state index in [1.165, 1.54) is 6.08 Å². The van der Waals surface area contributed by atoms with Gasteiger partial charge in [-0.2, -0.15) is 0 Å². The first kappa shape index (κ1) is 16.8. The molecule has 1 aromatic rings. The van der Waals surface area contributed by atoms with Crippen LogP contribution < -0.4 is 15.6 Å². The van der Waals surface area contributed by atoms with Crippen LogP contribution in [0.1, 0.15) is 31.9 Å². The van der Waals surface area contributed by atoms with Gasteiger partial charge in [0.1, 0.15) is 5.75 Å². The number of hydrazine groups is 1. The molecular formula is C16H22N2O3. The number of aryl methyl sites for hydroxylation is 1. The maximum atomic E-state index is 11.9. The minimum atomic E-state index is -0.711. The van der Waals surface area contributed by atoms with Gasteiger partial charge in [0, 0.05) is 6.08 Å². The molecule has 5 heteroatoms. The molecule has 0 aromatic heterocycles. The topological polar surface area (TPSA) is 67.4 Å². The molecule has 0 saturated heterocycles. The van der Waals surface area contributed by atoms with Crippen molar-refractivity contribution in [3.63, 3.8) is 0 Å². The summed E-state index contributed by atoms with van der Waals surface area (Å²) in [6, 6.07) is 5.67. The summed E-state index contributed by atoms with van der Waals surface area (Å²) >= 11 is 0. The van der Waals surface area contributed by atoms with Crippen molar-refractivity contribution in [2.45, 2.75) is 40.7 Å². The summed E-state index contributed by atoms with van der Waals surface area (Å²) in [6.07, 6.45) is 0.689. The Morgan fingerprint density at radius 1 is 1.19 bits per heavy atom. The smallest absolute Gasteiger partial charge is 0.279 e. The number of nitrogens with one attached hydrogen (secondary N) is 2. The lowest BCUT2D eigenvalue weighted by Gasteiger charge is -2.17. The van der Waals surface area contributed by atoms with Gasteiger partial charge in [0.05, 0.1) is 0 Å². The molecule has 21 heavy (non-hydrogen) atoms. The number of amides is 2. The zero-order valence-corrected chi connectivity index (χ0v) is 13.1. The second-order valence-electron chi connectivity index (χ2n) is 5.16. The van der Waals surface area contributed by atoms with Gasteiger partial charge >= 0.3 is 0 Å². The summed E-state index contributed by atoms with van der Waals surface area (Å²) in [5.74, 6) is -0.123. The van der Waals surface area contributed by atoms with Crippen LogP contribution in [0.3, 0.4) is 0 Å². The van der Waals surface area contributed by atoms with Crippen LogP contribution in [0.15, 0.2) is 29.8 Å². The number of ether oxygens (including phenoxy) is 1. The van der Waals surface area contributed by atoms with Gasteiger partial charge in [-0.05, 0) is 51.8 Å². The van der Waals surface area contributed by atoms with Crippen LogP contribution in [0.2, 0.25) is 0 Å². The Kier molecular flexibility index (Phi) is 5.96. The van der Waals surface area contributed by atoms with Gasteiger partial charge in [-0.3, -0.25) is 20.4 Å².